The molecule has 3 rings (SSSR count). The molecule has 1 saturated carbocycles. The van der Waals surface area contributed by atoms with Gasteiger partial charge in [-0.05, 0) is 60.8 Å². The van der Waals surface area contributed by atoms with Gasteiger partial charge in [-0.1, -0.05) is 19.4 Å². The molecule has 0 aliphatic heterocycles. The highest BCUT2D eigenvalue weighted by molar-refractivity contribution is 5.38. The Balaban J connectivity index is 1.72. The number of hydrogen-bond donors (Lipinski definition) is 2. The monoisotopic (exact) mass is 245 g/mol. The molecule has 2 nitrogen and oxygen atoms in total. The molecular formula is C16H23NO. The van der Waals surface area contributed by atoms with Crippen LogP contribution in [0.15, 0.2) is 18.2 Å². The molecule has 1 aromatic rings. The lowest BCUT2D eigenvalue weighted by molar-refractivity contribution is 0.149. The van der Waals surface area contributed by atoms with Crippen molar-refractivity contribution in [1.29, 1.82) is 0 Å². The third-order valence-electron chi connectivity index (χ3n) is 4.78. The largest absolute Gasteiger partial charge is 0.508 e. The van der Waals surface area contributed by atoms with Crippen LogP contribution in [0.1, 0.15) is 56.2 Å². The van der Waals surface area contributed by atoms with E-state index in [2.05, 4.69) is 18.3 Å². The summed E-state index contributed by atoms with van der Waals surface area (Å²) in [4.78, 5) is 0. The standard InChI is InChI=1S/C16H23NO/c1-16(8-3-9-16)11-17-15-5-2-4-12-6-7-13(18)10-14(12)15/h6-7,10,15,17-18H,2-5,8-9,11H2,1H3. The SMILES string of the molecule is CC1(CNC2CCCc3ccc(O)cc32)CCC1. The molecule has 1 aromatic carbocycles. The normalized spacial score (nSPS) is 25.3. The van der Waals surface area contributed by atoms with Gasteiger partial charge in [0.05, 0.1) is 0 Å². The van der Waals surface area contributed by atoms with Gasteiger partial charge in [0, 0.05) is 12.6 Å². The van der Waals surface area contributed by atoms with E-state index in [9.17, 15) is 5.11 Å². The highest BCUT2D eigenvalue weighted by Gasteiger charge is 2.32. The zero-order valence-electron chi connectivity index (χ0n) is 11.2. The first kappa shape index (κ1) is 12.0. The van der Waals surface area contributed by atoms with Crippen molar-refractivity contribution in [2.75, 3.05) is 6.54 Å². The first-order chi connectivity index (χ1) is 8.66. The predicted octanol–water partition coefficient (Wildman–Crippen LogP) is 3.55. The van der Waals surface area contributed by atoms with Gasteiger partial charge in [-0.15, -0.1) is 0 Å². The van der Waals surface area contributed by atoms with Gasteiger partial charge in [0.25, 0.3) is 0 Å². The molecule has 0 spiro atoms. The third-order valence-corrected chi connectivity index (χ3v) is 4.78. The topological polar surface area (TPSA) is 32.3 Å². The zero-order chi connectivity index (χ0) is 12.6. The van der Waals surface area contributed by atoms with E-state index in [1.54, 1.807) is 0 Å². The lowest BCUT2D eigenvalue weighted by Gasteiger charge is -2.40. The maximum absolute atomic E-state index is 9.66. The van der Waals surface area contributed by atoms with Gasteiger partial charge in [0.15, 0.2) is 0 Å². The Morgan fingerprint density at radius 2 is 2.17 bits per heavy atom. The van der Waals surface area contributed by atoms with E-state index >= 15 is 0 Å². The first-order valence-electron chi connectivity index (χ1n) is 7.22. The number of rotatable bonds is 3. The Bertz CT molecular complexity index is 437. The molecule has 2 aliphatic carbocycles. The van der Waals surface area contributed by atoms with Crippen molar-refractivity contribution < 1.29 is 5.11 Å². The number of aryl methyl sites for hydroxylation is 1. The van der Waals surface area contributed by atoms with Crippen molar-refractivity contribution in [3.05, 3.63) is 29.3 Å². The van der Waals surface area contributed by atoms with Crippen molar-refractivity contribution in [3.63, 3.8) is 0 Å². The number of fused-ring (bicyclic) bond motifs is 1. The molecular weight excluding hydrogens is 222 g/mol. The molecule has 1 fully saturated rings. The number of benzene rings is 1. The molecule has 1 atom stereocenters. The molecule has 2 N–H and O–H groups in total. The average molecular weight is 245 g/mol. The van der Waals surface area contributed by atoms with Crippen molar-refractivity contribution in [3.8, 4) is 5.75 Å². The number of phenolic OH excluding ortho intramolecular Hbond substituents is 1. The molecule has 0 radical (unpaired) electrons. The maximum atomic E-state index is 9.66. The average Bonchev–Trinajstić information content (AvgIpc) is 2.34. The molecule has 0 heterocycles. The summed E-state index contributed by atoms with van der Waals surface area (Å²) in [7, 11) is 0. The van der Waals surface area contributed by atoms with E-state index in [0.29, 0.717) is 17.2 Å². The van der Waals surface area contributed by atoms with Gasteiger partial charge in [-0.3, -0.25) is 0 Å². The lowest BCUT2D eigenvalue weighted by atomic mass is 9.70. The van der Waals surface area contributed by atoms with Crippen molar-refractivity contribution in [2.24, 2.45) is 5.41 Å². The minimum Gasteiger partial charge on any atom is -0.508 e. The van der Waals surface area contributed by atoms with Crippen molar-refractivity contribution >= 4 is 0 Å². The first-order valence-corrected chi connectivity index (χ1v) is 7.22. The molecule has 18 heavy (non-hydrogen) atoms. The second kappa shape index (κ2) is 4.58. The smallest absolute Gasteiger partial charge is 0.115 e. The van der Waals surface area contributed by atoms with E-state index in [4.69, 9.17) is 0 Å². The number of aromatic hydroxyl groups is 1. The second-order valence-corrected chi connectivity index (χ2v) is 6.37. The number of nitrogens with one attached hydrogen (secondary N) is 1. The van der Waals surface area contributed by atoms with Crippen LogP contribution in [0.5, 0.6) is 5.75 Å². The highest BCUT2D eigenvalue weighted by atomic mass is 16.3. The van der Waals surface area contributed by atoms with Gasteiger partial charge >= 0.3 is 0 Å². The van der Waals surface area contributed by atoms with Gasteiger partial charge in [-0.25, -0.2) is 0 Å². The molecule has 0 bridgehead atoms. The minimum absolute atomic E-state index is 0.400. The van der Waals surface area contributed by atoms with Crippen LogP contribution in [0.4, 0.5) is 0 Å². The van der Waals surface area contributed by atoms with Gasteiger partial charge in [0.2, 0.25) is 0 Å². The number of hydrogen-bond acceptors (Lipinski definition) is 2. The Morgan fingerprint density at radius 3 is 2.89 bits per heavy atom. The summed E-state index contributed by atoms with van der Waals surface area (Å²) in [6.45, 7) is 3.50. The Labute approximate surface area is 109 Å². The number of phenols is 1. The van der Waals surface area contributed by atoms with Gasteiger partial charge in [0.1, 0.15) is 5.75 Å². The van der Waals surface area contributed by atoms with Crippen LogP contribution in [0.3, 0.4) is 0 Å². The van der Waals surface area contributed by atoms with E-state index < -0.39 is 0 Å². The van der Waals surface area contributed by atoms with Crippen molar-refractivity contribution in [1.82, 2.24) is 5.32 Å². The fraction of sp³-hybridized carbons (Fsp3) is 0.625. The van der Waals surface area contributed by atoms with Crippen LogP contribution in [-0.4, -0.2) is 11.7 Å². The van der Waals surface area contributed by atoms with Crippen molar-refractivity contribution in [2.45, 2.75) is 51.5 Å². The zero-order valence-corrected chi connectivity index (χ0v) is 11.2. The second-order valence-electron chi connectivity index (χ2n) is 6.37. The third kappa shape index (κ3) is 2.26. The van der Waals surface area contributed by atoms with E-state index in [0.717, 1.165) is 13.0 Å². The summed E-state index contributed by atoms with van der Waals surface area (Å²) < 4.78 is 0. The summed E-state index contributed by atoms with van der Waals surface area (Å²) in [6.07, 6.45) is 7.73. The summed E-state index contributed by atoms with van der Waals surface area (Å²) >= 11 is 0. The maximum Gasteiger partial charge on any atom is 0.115 e. The molecule has 0 amide bonds. The highest BCUT2D eigenvalue weighted by Crippen LogP contribution is 2.40. The van der Waals surface area contributed by atoms with E-state index in [1.165, 1.54) is 43.2 Å². The quantitative estimate of drug-likeness (QED) is 0.853. The Hall–Kier alpha value is -1.02. The Morgan fingerprint density at radius 1 is 1.33 bits per heavy atom. The molecule has 2 aliphatic rings. The molecule has 0 aromatic heterocycles. The van der Waals surface area contributed by atoms with Crippen LogP contribution in [0, 0.1) is 5.41 Å². The summed E-state index contributed by atoms with van der Waals surface area (Å²) in [6, 6.07) is 6.30. The summed E-state index contributed by atoms with van der Waals surface area (Å²) in [5.41, 5.74) is 3.26. The van der Waals surface area contributed by atoms with Crippen LogP contribution >= 0.6 is 0 Å². The summed E-state index contributed by atoms with van der Waals surface area (Å²) in [5, 5.41) is 13.4. The molecule has 0 saturated heterocycles. The fourth-order valence-electron chi connectivity index (χ4n) is 3.33. The molecule has 98 valence electrons. The van der Waals surface area contributed by atoms with Gasteiger partial charge in [-0.2, -0.15) is 0 Å². The van der Waals surface area contributed by atoms with Crippen LogP contribution in [0.2, 0.25) is 0 Å². The summed E-state index contributed by atoms with van der Waals surface area (Å²) in [5.74, 6) is 0.400. The van der Waals surface area contributed by atoms with E-state index in [1.807, 2.05) is 12.1 Å². The fourth-order valence-corrected chi connectivity index (χ4v) is 3.33. The van der Waals surface area contributed by atoms with E-state index in [-0.39, 0.29) is 0 Å². The van der Waals surface area contributed by atoms with Crippen LogP contribution in [0.25, 0.3) is 0 Å². The minimum atomic E-state index is 0.400. The van der Waals surface area contributed by atoms with Crippen LogP contribution in [-0.2, 0) is 6.42 Å². The van der Waals surface area contributed by atoms with Gasteiger partial charge < -0.3 is 10.4 Å². The molecule has 2 heteroatoms. The predicted molar refractivity (Wildman–Crippen MR) is 73.7 cm³/mol. The lowest BCUT2D eigenvalue weighted by Crippen LogP contribution is -2.39. The Kier molecular flexibility index (Phi) is 3.06. The van der Waals surface area contributed by atoms with Crippen LogP contribution < -0.4 is 5.32 Å². The molecule has 1 unspecified atom stereocenters.